The number of amides is 2. The Morgan fingerprint density at radius 2 is 1.89 bits per heavy atom. The fourth-order valence-electron chi connectivity index (χ4n) is 4.82. The molecule has 1 aromatic carbocycles. The molecule has 2 amide bonds. The number of piperidine rings is 2. The van der Waals surface area contributed by atoms with Gasteiger partial charge in [0.2, 0.25) is 5.91 Å². The molecule has 3 aliphatic heterocycles. The second-order valence-electron chi connectivity index (χ2n) is 8.36. The van der Waals surface area contributed by atoms with E-state index in [-0.39, 0.29) is 23.6 Å². The lowest BCUT2D eigenvalue weighted by Crippen LogP contribution is -2.55. The molecule has 0 radical (unpaired) electrons. The lowest BCUT2D eigenvalue weighted by Gasteiger charge is -2.42. The van der Waals surface area contributed by atoms with E-state index in [4.69, 9.17) is 4.74 Å². The Labute approximate surface area is 167 Å². The van der Waals surface area contributed by atoms with Gasteiger partial charge < -0.3 is 14.5 Å². The topological polar surface area (TPSA) is 53.1 Å². The average molecular weight is 386 g/mol. The Hall–Kier alpha value is -2.08. The van der Waals surface area contributed by atoms with Crippen LogP contribution in [-0.4, -0.2) is 71.1 Å². The Balaban J connectivity index is 1.38. The minimum atomic E-state index is -0.389. The minimum Gasteiger partial charge on any atom is -0.441 e. The van der Waals surface area contributed by atoms with Gasteiger partial charge in [0.1, 0.15) is 5.60 Å². The lowest BCUT2D eigenvalue weighted by atomic mass is 9.90. The normalized spacial score (nSPS) is 25.2. The van der Waals surface area contributed by atoms with Gasteiger partial charge in [-0.3, -0.25) is 9.69 Å². The zero-order valence-electron chi connectivity index (χ0n) is 16.8. The molecule has 0 aliphatic carbocycles. The fourth-order valence-corrected chi connectivity index (χ4v) is 4.82. The Kier molecular flexibility index (Phi) is 5.58. The van der Waals surface area contributed by atoms with E-state index in [2.05, 4.69) is 29.2 Å². The van der Waals surface area contributed by atoms with Crippen molar-refractivity contribution in [2.75, 3.05) is 32.7 Å². The van der Waals surface area contributed by atoms with Crippen LogP contribution in [0, 0.1) is 0 Å². The van der Waals surface area contributed by atoms with Crippen LogP contribution in [0.15, 0.2) is 30.3 Å². The van der Waals surface area contributed by atoms with Gasteiger partial charge in [0, 0.05) is 39.0 Å². The van der Waals surface area contributed by atoms with Crippen molar-refractivity contribution in [3.8, 4) is 0 Å². The van der Waals surface area contributed by atoms with E-state index >= 15 is 0 Å². The zero-order chi connectivity index (χ0) is 19.6. The standard InChI is InChI=1S/C22H31N3O3/c1-2-23-17-22(28-21(23)27)11-14-24(15-12-22)20(26)19-10-6-7-13-25(19)16-18-8-4-3-5-9-18/h3-5,8-9,19H,2,6-7,10-17H2,1H3/t19-/m0/s1. The van der Waals surface area contributed by atoms with Crippen molar-refractivity contribution in [3.63, 3.8) is 0 Å². The summed E-state index contributed by atoms with van der Waals surface area (Å²) in [5.41, 5.74) is 0.873. The number of ether oxygens (including phenoxy) is 1. The van der Waals surface area contributed by atoms with Crippen molar-refractivity contribution in [2.45, 2.75) is 57.2 Å². The molecule has 0 unspecified atom stereocenters. The fraction of sp³-hybridized carbons (Fsp3) is 0.636. The second kappa shape index (κ2) is 8.11. The molecule has 3 aliphatic rings. The molecule has 6 heteroatoms. The Morgan fingerprint density at radius 3 is 2.57 bits per heavy atom. The largest absolute Gasteiger partial charge is 0.441 e. The van der Waals surface area contributed by atoms with Gasteiger partial charge in [-0.2, -0.15) is 0 Å². The molecule has 1 atom stereocenters. The molecule has 1 aromatic rings. The van der Waals surface area contributed by atoms with E-state index in [0.29, 0.717) is 26.2 Å². The molecule has 3 saturated heterocycles. The van der Waals surface area contributed by atoms with Gasteiger partial charge in [-0.25, -0.2) is 4.79 Å². The van der Waals surface area contributed by atoms with E-state index in [9.17, 15) is 9.59 Å². The van der Waals surface area contributed by atoms with Crippen molar-refractivity contribution in [1.29, 1.82) is 0 Å². The van der Waals surface area contributed by atoms with Crippen LogP contribution in [-0.2, 0) is 16.1 Å². The smallest absolute Gasteiger partial charge is 0.410 e. The third-order valence-electron chi connectivity index (χ3n) is 6.54. The van der Waals surface area contributed by atoms with E-state index in [1.54, 1.807) is 4.90 Å². The van der Waals surface area contributed by atoms with Gasteiger partial charge in [-0.1, -0.05) is 36.8 Å². The van der Waals surface area contributed by atoms with Crippen LogP contribution in [0.25, 0.3) is 0 Å². The number of likely N-dealkylation sites (tertiary alicyclic amines) is 2. The highest BCUT2D eigenvalue weighted by atomic mass is 16.6. The molecule has 3 heterocycles. The first-order valence-electron chi connectivity index (χ1n) is 10.6. The summed E-state index contributed by atoms with van der Waals surface area (Å²) in [5, 5.41) is 0. The highest BCUT2D eigenvalue weighted by molar-refractivity contribution is 5.82. The van der Waals surface area contributed by atoms with Gasteiger partial charge in [0.15, 0.2) is 0 Å². The van der Waals surface area contributed by atoms with Gasteiger partial charge >= 0.3 is 6.09 Å². The van der Waals surface area contributed by atoms with Crippen LogP contribution >= 0.6 is 0 Å². The van der Waals surface area contributed by atoms with Crippen molar-refractivity contribution >= 4 is 12.0 Å². The Morgan fingerprint density at radius 1 is 1.14 bits per heavy atom. The highest BCUT2D eigenvalue weighted by Crippen LogP contribution is 2.34. The molecule has 6 nitrogen and oxygen atoms in total. The molecule has 1 spiro atoms. The molecular formula is C22H31N3O3. The van der Waals surface area contributed by atoms with Crippen molar-refractivity contribution in [2.24, 2.45) is 0 Å². The van der Waals surface area contributed by atoms with E-state index in [1.807, 2.05) is 17.9 Å². The number of carbonyl (C=O) groups excluding carboxylic acids is 2. The second-order valence-corrected chi connectivity index (χ2v) is 8.36. The van der Waals surface area contributed by atoms with Gasteiger partial charge in [0.05, 0.1) is 12.6 Å². The number of rotatable bonds is 4. The number of hydrogen-bond acceptors (Lipinski definition) is 4. The third-order valence-corrected chi connectivity index (χ3v) is 6.54. The van der Waals surface area contributed by atoms with Gasteiger partial charge in [-0.05, 0) is 31.9 Å². The first-order valence-corrected chi connectivity index (χ1v) is 10.6. The Bertz CT molecular complexity index is 700. The van der Waals surface area contributed by atoms with Crippen molar-refractivity contribution in [1.82, 2.24) is 14.7 Å². The predicted molar refractivity (Wildman–Crippen MR) is 107 cm³/mol. The first-order chi connectivity index (χ1) is 13.6. The summed E-state index contributed by atoms with van der Waals surface area (Å²) in [7, 11) is 0. The van der Waals surface area contributed by atoms with Crippen LogP contribution in [0.1, 0.15) is 44.6 Å². The third kappa shape index (κ3) is 3.88. The summed E-state index contributed by atoms with van der Waals surface area (Å²) >= 11 is 0. The number of carbonyl (C=O) groups is 2. The quantitative estimate of drug-likeness (QED) is 0.800. The number of hydrogen-bond donors (Lipinski definition) is 0. The predicted octanol–water partition coefficient (Wildman–Crippen LogP) is 2.87. The van der Waals surface area contributed by atoms with Gasteiger partial charge in [0.25, 0.3) is 0 Å². The number of likely N-dealkylation sites (N-methyl/N-ethyl adjacent to an activating group) is 1. The molecule has 0 N–H and O–H groups in total. The minimum absolute atomic E-state index is 0.0266. The summed E-state index contributed by atoms with van der Waals surface area (Å²) in [6.45, 7) is 6.49. The maximum absolute atomic E-state index is 13.3. The molecule has 4 rings (SSSR count). The zero-order valence-corrected chi connectivity index (χ0v) is 16.8. The maximum atomic E-state index is 13.3. The summed E-state index contributed by atoms with van der Waals surface area (Å²) in [4.78, 5) is 31.4. The molecule has 0 saturated carbocycles. The number of benzene rings is 1. The van der Waals surface area contributed by atoms with Crippen molar-refractivity contribution in [3.05, 3.63) is 35.9 Å². The highest BCUT2D eigenvalue weighted by Gasteiger charge is 2.47. The molecule has 0 bridgehead atoms. The van der Waals surface area contributed by atoms with Crippen LogP contribution in [0.4, 0.5) is 4.79 Å². The number of nitrogens with zero attached hydrogens (tertiary/aromatic N) is 3. The molecule has 3 fully saturated rings. The SMILES string of the molecule is CCN1CC2(CCN(C(=O)[C@@H]3CCCCN3Cc3ccccc3)CC2)OC1=O. The van der Waals surface area contributed by atoms with Crippen LogP contribution in [0.3, 0.4) is 0 Å². The lowest BCUT2D eigenvalue weighted by molar-refractivity contribution is -0.142. The van der Waals surface area contributed by atoms with Crippen LogP contribution < -0.4 is 0 Å². The summed E-state index contributed by atoms with van der Waals surface area (Å²) < 4.78 is 5.71. The summed E-state index contributed by atoms with van der Waals surface area (Å²) in [6, 6.07) is 10.4. The van der Waals surface area contributed by atoms with Gasteiger partial charge in [-0.15, -0.1) is 0 Å². The maximum Gasteiger partial charge on any atom is 0.410 e. The monoisotopic (exact) mass is 385 g/mol. The summed E-state index contributed by atoms with van der Waals surface area (Å²) in [5.74, 6) is 0.252. The average Bonchev–Trinajstić information content (AvgIpc) is 3.04. The van der Waals surface area contributed by atoms with E-state index < -0.39 is 0 Å². The first kappa shape index (κ1) is 19.2. The van der Waals surface area contributed by atoms with Crippen LogP contribution in [0.2, 0.25) is 0 Å². The van der Waals surface area contributed by atoms with E-state index in [0.717, 1.165) is 45.2 Å². The molecule has 0 aromatic heterocycles. The van der Waals surface area contributed by atoms with Crippen LogP contribution in [0.5, 0.6) is 0 Å². The molecule has 28 heavy (non-hydrogen) atoms. The molecular weight excluding hydrogens is 354 g/mol. The summed E-state index contributed by atoms with van der Waals surface area (Å²) in [6.07, 6.45) is 4.49. The van der Waals surface area contributed by atoms with Crippen molar-refractivity contribution < 1.29 is 14.3 Å². The van der Waals surface area contributed by atoms with E-state index in [1.165, 1.54) is 5.56 Å². The molecule has 152 valence electrons.